The summed E-state index contributed by atoms with van der Waals surface area (Å²) in [5, 5.41) is 0. The van der Waals surface area contributed by atoms with E-state index in [0.717, 1.165) is 12.0 Å². The standard InChI is InChI=1S/C18H18F2N2O4/c1-3-11-4-6-12(7-5-11)16(23)21-22-17(24)13-8-9-14(26-18(19)20)15(10-13)25-2/h4-10,18H,3H2,1-2H3,(H,21,23)(H,22,24). The third-order valence-electron chi connectivity index (χ3n) is 3.56. The summed E-state index contributed by atoms with van der Waals surface area (Å²) < 4.78 is 33.8. The Hall–Kier alpha value is -3.16. The molecule has 2 amide bonds. The van der Waals surface area contributed by atoms with E-state index in [0.29, 0.717) is 5.56 Å². The van der Waals surface area contributed by atoms with Gasteiger partial charge in [0.1, 0.15) is 0 Å². The molecular formula is C18H18F2N2O4. The molecule has 0 saturated heterocycles. The lowest BCUT2D eigenvalue weighted by molar-refractivity contribution is -0.0512. The molecule has 0 radical (unpaired) electrons. The average molecular weight is 364 g/mol. The van der Waals surface area contributed by atoms with Gasteiger partial charge >= 0.3 is 6.61 Å². The van der Waals surface area contributed by atoms with E-state index in [9.17, 15) is 18.4 Å². The molecule has 0 aliphatic carbocycles. The first-order chi connectivity index (χ1) is 12.4. The Morgan fingerprint density at radius 2 is 1.54 bits per heavy atom. The molecule has 6 nitrogen and oxygen atoms in total. The number of hydrazine groups is 1. The Labute approximate surface area is 149 Å². The molecule has 0 spiro atoms. The maximum absolute atomic E-state index is 12.3. The van der Waals surface area contributed by atoms with Crippen LogP contribution in [0.25, 0.3) is 0 Å². The molecule has 8 heteroatoms. The Balaban J connectivity index is 2.01. The monoisotopic (exact) mass is 364 g/mol. The number of aryl methyl sites for hydroxylation is 1. The SMILES string of the molecule is CCc1ccc(C(=O)NNC(=O)c2ccc(OC(F)F)c(OC)c2)cc1. The van der Waals surface area contributed by atoms with Crippen LogP contribution >= 0.6 is 0 Å². The number of ether oxygens (including phenoxy) is 2. The second kappa shape index (κ2) is 8.80. The van der Waals surface area contributed by atoms with Crippen LogP contribution in [0.3, 0.4) is 0 Å². The van der Waals surface area contributed by atoms with Crippen molar-refractivity contribution in [3.8, 4) is 11.5 Å². The molecule has 2 rings (SSSR count). The molecule has 0 bridgehead atoms. The summed E-state index contributed by atoms with van der Waals surface area (Å²) in [6.07, 6.45) is 0.853. The number of halogens is 2. The van der Waals surface area contributed by atoms with E-state index in [-0.39, 0.29) is 17.1 Å². The van der Waals surface area contributed by atoms with E-state index in [1.165, 1.54) is 25.3 Å². The predicted octanol–water partition coefficient (Wildman–Crippen LogP) is 2.93. The molecule has 2 aromatic rings. The van der Waals surface area contributed by atoms with Gasteiger partial charge in [-0.1, -0.05) is 19.1 Å². The largest absolute Gasteiger partial charge is 0.493 e. The van der Waals surface area contributed by atoms with Gasteiger partial charge in [0.2, 0.25) is 0 Å². The van der Waals surface area contributed by atoms with E-state index in [1.807, 2.05) is 19.1 Å². The van der Waals surface area contributed by atoms with Crippen LogP contribution in [0.2, 0.25) is 0 Å². The van der Waals surface area contributed by atoms with Crippen molar-refractivity contribution < 1.29 is 27.8 Å². The highest BCUT2D eigenvalue weighted by Crippen LogP contribution is 2.29. The van der Waals surface area contributed by atoms with Crippen molar-refractivity contribution in [3.63, 3.8) is 0 Å². The fourth-order valence-corrected chi connectivity index (χ4v) is 2.15. The summed E-state index contributed by atoms with van der Waals surface area (Å²) in [6.45, 7) is -1.01. The van der Waals surface area contributed by atoms with E-state index in [1.54, 1.807) is 12.1 Å². The number of amides is 2. The maximum Gasteiger partial charge on any atom is 0.387 e. The third-order valence-corrected chi connectivity index (χ3v) is 3.56. The van der Waals surface area contributed by atoms with Crippen LogP contribution in [0.4, 0.5) is 8.78 Å². The Morgan fingerprint density at radius 3 is 2.08 bits per heavy atom. The summed E-state index contributed by atoms with van der Waals surface area (Å²) >= 11 is 0. The molecule has 138 valence electrons. The lowest BCUT2D eigenvalue weighted by Crippen LogP contribution is -2.41. The van der Waals surface area contributed by atoms with Crippen molar-refractivity contribution in [2.45, 2.75) is 20.0 Å². The van der Waals surface area contributed by atoms with Gasteiger partial charge in [0.25, 0.3) is 11.8 Å². The molecule has 0 saturated carbocycles. The van der Waals surface area contributed by atoms with Crippen LogP contribution in [0.5, 0.6) is 11.5 Å². The lowest BCUT2D eigenvalue weighted by atomic mass is 10.1. The molecular weight excluding hydrogens is 346 g/mol. The number of methoxy groups -OCH3 is 1. The Morgan fingerprint density at radius 1 is 0.962 bits per heavy atom. The van der Waals surface area contributed by atoms with Crippen molar-refractivity contribution in [2.24, 2.45) is 0 Å². The fraction of sp³-hybridized carbons (Fsp3) is 0.222. The molecule has 0 aliphatic heterocycles. The third kappa shape index (κ3) is 4.92. The van der Waals surface area contributed by atoms with Gasteiger partial charge in [-0.15, -0.1) is 0 Å². The van der Waals surface area contributed by atoms with Crippen LogP contribution in [0, 0.1) is 0 Å². The zero-order chi connectivity index (χ0) is 19.1. The normalized spacial score (nSPS) is 10.3. The molecule has 2 N–H and O–H groups in total. The summed E-state index contributed by atoms with van der Waals surface area (Å²) in [5.41, 5.74) is 6.12. The molecule has 0 aromatic heterocycles. The van der Waals surface area contributed by atoms with Crippen LogP contribution in [0.1, 0.15) is 33.2 Å². The average Bonchev–Trinajstić information content (AvgIpc) is 2.65. The molecule has 2 aromatic carbocycles. The molecule has 26 heavy (non-hydrogen) atoms. The second-order valence-electron chi connectivity index (χ2n) is 5.20. The molecule has 0 fully saturated rings. The van der Waals surface area contributed by atoms with E-state index in [2.05, 4.69) is 15.6 Å². The van der Waals surface area contributed by atoms with Crippen molar-refractivity contribution in [1.29, 1.82) is 0 Å². The minimum absolute atomic E-state index is 0.0283. The number of carbonyl (C=O) groups excluding carboxylic acids is 2. The lowest BCUT2D eigenvalue weighted by Gasteiger charge is -2.12. The zero-order valence-corrected chi connectivity index (χ0v) is 14.2. The van der Waals surface area contributed by atoms with Gasteiger partial charge in [0, 0.05) is 11.1 Å². The summed E-state index contributed by atoms with van der Waals surface area (Å²) in [5.74, 6) is -1.34. The Kier molecular flexibility index (Phi) is 6.48. The first-order valence-corrected chi connectivity index (χ1v) is 7.77. The first kappa shape index (κ1) is 19.2. The van der Waals surface area contributed by atoms with Gasteiger partial charge in [-0.25, -0.2) is 0 Å². The van der Waals surface area contributed by atoms with Gasteiger partial charge in [-0.05, 0) is 42.3 Å². The number of alkyl halides is 2. The van der Waals surface area contributed by atoms with Crippen molar-refractivity contribution in [1.82, 2.24) is 10.9 Å². The van der Waals surface area contributed by atoms with Gasteiger partial charge in [-0.2, -0.15) is 8.78 Å². The number of hydrogen-bond donors (Lipinski definition) is 2. The highest BCUT2D eigenvalue weighted by molar-refractivity contribution is 5.99. The van der Waals surface area contributed by atoms with E-state index in [4.69, 9.17) is 4.74 Å². The topological polar surface area (TPSA) is 76.7 Å². The molecule has 0 unspecified atom stereocenters. The first-order valence-electron chi connectivity index (χ1n) is 7.77. The molecule has 0 atom stereocenters. The number of nitrogens with one attached hydrogen (secondary N) is 2. The van der Waals surface area contributed by atoms with Gasteiger partial charge in [0.05, 0.1) is 7.11 Å². The summed E-state index contributed by atoms with van der Waals surface area (Å²) in [6, 6.07) is 10.6. The summed E-state index contributed by atoms with van der Waals surface area (Å²) in [4.78, 5) is 24.1. The van der Waals surface area contributed by atoms with Crippen molar-refractivity contribution >= 4 is 11.8 Å². The number of benzene rings is 2. The van der Waals surface area contributed by atoms with Crippen molar-refractivity contribution in [3.05, 3.63) is 59.2 Å². The number of hydrogen-bond acceptors (Lipinski definition) is 4. The van der Waals surface area contributed by atoms with Gasteiger partial charge in [0.15, 0.2) is 11.5 Å². The molecule has 0 aliphatic rings. The van der Waals surface area contributed by atoms with E-state index < -0.39 is 18.4 Å². The van der Waals surface area contributed by atoms with Crippen LogP contribution < -0.4 is 20.3 Å². The zero-order valence-electron chi connectivity index (χ0n) is 14.2. The highest BCUT2D eigenvalue weighted by Gasteiger charge is 2.15. The van der Waals surface area contributed by atoms with Crippen LogP contribution in [-0.4, -0.2) is 25.5 Å². The molecule has 0 heterocycles. The fourth-order valence-electron chi connectivity index (χ4n) is 2.15. The maximum atomic E-state index is 12.3. The number of carbonyl (C=O) groups is 2. The Bertz CT molecular complexity index is 779. The quantitative estimate of drug-likeness (QED) is 0.773. The number of rotatable bonds is 6. The van der Waals surface area contributed by atoms with Gasteiger partial charge in [-0.3, -0.25) is 20.4 Å². The van der Waals surface area contributed by atoms with Gasteiger partial charge < -0.3 is 9.47 Å². The smallest absolute Gasteiger partial charge is 0.387 e. The summed E-state index contributed by atoms with van der Waals surface area (Å²) in [7, 11) is 1.26. The minimum atomic E-state index is -3.01. The van der Waals surface area contributed by atoms with Crippen LogP contribution in [0.15, 0.2) is 42.5 Å². The van der Waals surface area contributed by atoms with E-state index >= 15 is 0 Å². The second-order valence-corrected chi connectivity index (χ2v) is 5.20. The predicted molar refractivity (Wildman–Crippen MR) is 90.4 cm³/mol. The minimum Gasteiger partial charge on any atom is -0.493 e. The van der Waals surface area contributed by atoms with Crippen LogP contribution in [-0.2, 0) is 6.42 Å². The van der Waals surface area contributed by atoms with Crippen molar-refractivity contribution in [2.75, 3.05) is 7.11 Å². The highest BCUT2D eigenvalue weighted by atomic mass is 19.3.